The molecule has 3 N–H and O–H groups in total. The number of rotatable bonds is 7. The number of hydrogen-bond donors (Lipinski definition) is 3. The summed E-state index contributed by atoms with van der Waals surface area (Å²) in [5.41, 5.74) is 2.47. The number of halogens is 1. The summed E-state index contributed by atoms with van der Waals surface area (Å²) in [4.78, 5) is 16.9. The highest BCUT2D eigenvalue weighted by atomic mass is 35.5. The molecule has 0 saturated heterocycles. The Morgan fingerprint density at radius 3 is 2.82 bits per heavy atom. The minimum Gasteiger partial charge on any atom is -0.507 e. The summed E-state index contributed by atoms with van der Waals surface area (Å²) in [5, 5.41) is 16.7. The van der Waals surface area contributed by atoms with Crippen molar-refractivity contribution in [3.05, 3.63) is 71.2 Å². The number of nitrogens with zero attached hydrogens (tertiary/aromatic N) is 1. The molecule has 0 aliphatic rings. The molecule has 0 aliphatic heterocycles. The third-order valence-corrected chi connectivity index (χ3v) is 5.36. The van der Waals surface area contributed by atoms with E-state index in [1.165, 1.54) is 6.07 Å². The number of unbranched alkanes of at least 4 members (excludes halogenated alkanes) is 1. The number of carbonyl (C=O) groups excluding carboxylic acids is 1. The van der Waals surface area contributed by atoms with E-state index in [0.717, 1.165) is 12.8 Å². The van der Waals surface area contributed by atoms with Gasteiger partial charge in [0.25, 0.3) is 5.91 Å². The first kappa shape index (κ1) is 23.5. The zero-order valence-electron chi connectivity index (χ0n) is 18.3. The topological polar surface area (TPSA) is 96.6 Å². The Morgan fingerprint density at radius 2 is 2.03 bits per heavy atom. The summed E-state index contributed by atoms with van der Waals surface area (Å²) in [7, 11) is 0. The number of aromatic hydroxyl groups is 1. The van der Waals surface area contributed by atoms with Crippen LogP contribution in [0.4, 0.5) is 5.69 Å². The molecule has 4 rings (SSSR count). The molecule has 0 spiro atoms. The van der Waals surface area contributed by atoms with E-state index >= 15 is 0 Å². The molecule has 7 nitrogen and oxygen atoms in total. The summed E-state index contributed by atoms with van der Waals surface area (Å²) < 4.78 is 11.4. The summed E-state index contributed by atoms with van der Waals surface area (Å²) in [6, 6.07) is 16.8. The average molecular weight is 496 g/mol. The van der Waals surface area contributed by atoms with Crippen LogP contribution in [-0.2, 0) is 0 Å². The highest BCUT2D eigenvalue weighted by Gasteiger charge is 2.14. The highest BCUT2D eigenvalue weighted by Crippen LogP contribution is 2.33. The van der Waals surface area contributed by atoms with E-state index in [0.29, 0.717) is 45.3 Å². The molecule has 0 fully saturated rings. The van der Waals surface area contributed by atoms with Gasteiger partial charge in [-0.15, -0.1) is 0 Å². The van der Waals surface area contributed by atoms with Crippen LogP contribution in [0.3, 0.4) is 0 Å². The predicted octanol–water partition coefficient (Wildman–Crippen LogP) is 6.16. The van der Waals surface area contributed by atoms with Crippen molar-refractivity contribution < 1.29 is 19.1 Å². The van der Waals surface area contributed by atoms with E-state index in [9.17, 15) is 9.90 Å². The number of fused-ring (bicyclic) bond motifs is 1. The molecule has 0 radical (unpaired) electrons. The second-order valence-corrected chi connectivity index (χ2v) is 8.35. The Kier molecular flexibility index (Phi) is 7.30. The van der Waals surface area contributed by atoms with Gasteiger partial charge in [0, 0.05) is 22.3 Å². The summed E-state index contributed by atoms with van der Waals surface area (Å²) in [6.07, 6.45) is 1.97. The van der Waals surface area contributed by atoms with Crippen LogP contribution in [0.15, 0.2) is 65.1 Å². The molecule has 0 atom stereocenters. The average Bonchev–Trinajstić information content (AvgIpc) is 3.22. The van der Waals surface area contributed by atoms with E-state index in [1.54, 1.807) is 54.6 Å². The molecule has 4 aromatic rings. The van der Waals surface area contributed by atoms with Crippen molar-refractivity contribution in [2.24, 2.45) is 0 Å². The smallest absolute Gasteiger partial charge is 0.257 e. The molecule has 174 valence electrons. The minimum absolute atomic E-state index is 0.0614. The fraction of sp³-hybridized carbons (Fsp3) is 0.160. The van der Waals surface area contributed by atoms with Crippen molar-refractivity contribution in [1.82, 2.24) is 10.3 Å². The summed E-state index contributed by atoms with van der Waals surface area (Å²) in [5.74, 6) is 0.457. The summed E-state index contributed by atoms with van der Waals surface area (Å²) in [6.45, 7) is 2.68. The maximum atomic E-state index is 12.6. The van der Waals surface area contributed by atoms with Crippen molar-refractivity contribution in [2.75, 3.05) is 11.9 Å². The van der Waals surface area contributed by atoms with Gasteiger partial charge in [0.05, 0.1) is 12.2 Å². The molecule has 3 aromatic carbocycles. The number of ether oxygens (including phenoxy) is 1. The van der Waals surface area contributed by atoms with Crippen LogP contribution in [0.5, 0.6) is 11.5 Å². The predicted molar refractivity (Wildman–Crippen MR) is 137 cm³/mol. The Balaban J connectivity index is 1.41. The van der Waals surface area contributed by atoms with Crippen molar-refractivity contribution in [2.45, 2.75) is 19.8 Å². The molecule has 1 amide bonds. The van der Waals surface area contributed by atoms with Gasteiger partial charge in [0.2, 0.25) is 5.89 Å². The number of oxazole rings is 1. The molecule has 9 heteroatoms. The number of carbonyl (C=O) groups is 1. The largest absolute Gasteiger partial charge is 0.507 e. The normalized spacial score (nSPS) is 10.8. The number of hydrogen-bond acceptors (Lipinski definition) is 6. The van der Waals surface area contributed by atoms with Crippen LogP contribution in [0.2, 0.25) is 5.02 Å². The Morgan fingerprint density at radius 1 is 1.18 bits per heavy atom. The number of benzene rings is 3. The lowest BCUT2D eigenvalue weighted by Gasteiger charge is -2.11. The Hall–Kier alpha value is -3.62. The third-order valence-electron chi connectivity index (χ3n) is 4.93. The lowest BCUT2D eigenvalue weighted by atomic mass is 10.2. The second kappa shape index (κ2) is 10.5. The van der Waals surface area contributed by atoms with E-state index < -0.39 is 0 Å². The molecule has 0 unspecified atom stereocenters. The van der Waals surface area contributed by atoms with Gasteiger partial charge >= 0.3 is 0 Å². The quantitative estimate of drug-likeness (QED) is 0.209. The number of aromatic nitrogens is 1. The van der Waals surface area contributed by atoms with Gasteiger partial charge in [-0.2, -0.15) is 0 Å². The van der Waals surface area contributed by atoms with Gasteiger partial charge in [0.1, 0.15) is 17.0 Å². The molecule has 1 aromatic heterocycles. The lowest BCUT2D eigenvalue weighted by Crippen LogP contribution is -2.34. The molecule has 1 heterocycles. The lowest BCUT2D eigenvalue weighted by molar-refractivity contribution is 0.0977. The van der Waals surface area contributed by atoms with E-state index in [2.05, 4.69) is 22.5 Å². The van der Waals surface area contributed by atoms with Crippen LogP contribution < -0.4 is 15.4 Å². The minimum atomic E-state index is -0.371. The Bertz CT molecular complexity index is 1360. The zero-order chi connectivity index (χ0) is 24.1. The van der Waals surface area contributed by atoms with Crippen molar-refractivity contribution in [3.63, 3.8) is 0 Å². The number of amides is 1. The van der Waals surface area contributed by atoms with Gasteiger partial charge in [0.15, 0.2) is 10.7 Å². The summed E-state index contributed by atoms with van der Waals surface area (Å²) >= 11 is 11.3. The number of anilines is 1. The van der Waals surface area contributed by atoms with E-state index in [1.807, 2.05) is 0 Å². The van der Waals surface area contributed by atoms with Crippen LogP contribution in [0.1, 0.15) is 30.1 Å². The fourth-order valence-corrected chi connectivity index (χ4v) is 3.58. The van der Waals surface area contributed by atoms with Gasteiger partial charge in [-0.05, 0) is 67.2 Å². The molecule has 34 heavy (non-hydrogen) atoms. The van der Waals surface area contributed by atoms with E-state index in [4.69, 9.17) is 33.0 Å². The van der Waals surface area contributed by atoms with Crippen molar-refractivity contribution >= 4 is 51.6 Å². The third kappa shape index (κ3) is 5.65. The maximum absolute atomic E-state index is 12.6. The first-order valence-electron chi connectivity index (χ1n) is 10.7. The van der Waals surface area contributed by atoms with Crippen LogP contribution in [0.25, 0.3) is 22.6 Å². The molecular formula is C25H22ClN3O4S. The standard InChI is InChI=1S/C25H22ClN3O4S/c1-2-3-11-32-18-6-4-5-15(12-18)23(31)29-25(34)27-17-8-9-19(21(30)14-17)24-28-20-13-16(26)7-10-22(20)33-24/h4-10,12-14,30H,2-3,11H2,1H3,(H2,27,29,31,34). The fourth-order valence-electron chi connectivity index (χ4n) is 3.21. The number of nitrogens with one attached hydrogen (secondary N) is 2. The molecule has 0 saturated carbocycles. The van der Waals surface area contributed by atoms with Crippen molar-refractivity contribution in [3.8, 4) is 23.0 Å². The maximum Gasteiger partial charge on any atom is 0.257 e. The van der Waals surface area contributed by atoms with Crippen LogP contribution >= 0.6 is 23.8 Å². The first-order valence-corrected chi connectivity index (χ1v) is 11.5. The van der Waals surface area contributed by atoms with E-state index in [-0.39, 0.29) is 22.7 Å². The van der Waals surface area contributed by atoms with Gasteiger partial charge < -0.3 is 19.6 Å². The van der Waals surface area contributed by atoms with Crippen LogP contribution in [-0.4, -0.2) is 27.7 Å². The van der Waals surface area contributed by atoms with Crippen molar-refractivity contribution in [1.29, 1.82) is 0 Å². The zero-order valence-corrected chi connectivity index (χ0v) is 19.9. The van der Waals surface area contributed by atoms with Gasteiger partial charge in [-0.1, -0.05) is 31.0 Å². The molecular weight excluding hydrogens is 474 g/mol. The number of phenolic OH excluding ortho intramolecular Hbond substituents is 1. The van der Waals surface area contributed by atoms with Gasteiger partial charge in [-0.3, -0.25) is 10.1 Å². The van der Waals surface area contributed by atoms with Gasteiger partial charge in [-0.25, -0.2) is 4.98 Å². The number of thiocarbonyl (C=S) groups is 1. The number of phenols is 1. The second-order valence-electron chi connectivity index (χ2n) is 7.50. The van der Waals surface area contributed by atoms with Crippen LogP contribution in [0, 0.1) is 0 Å². The monoisotopic (exact) mass is 495 g/mol. The molecule has 0 aliphatic carbocycles. The SMILES string of the molecule is CCCCOc1cccc(C(=O)NC(=S)Nc2ccc(-c3nc4cc(Cl)ccc4o3)c(O)c2)c1. The first-order chi connectivity index (χ1) is 16.4. The Labute approximate surface area is 206 Å². The highest BCUT2D eigenvalue weighted by molar-refractivity contribution is 7.80. The molecule has 0 bridgehead atoms.